The van der Waals surface area contributed by atoms with Crippen molar-refractivity contribution in [2.24, 2.45) is 5.41 Å². The minimum atomic E-state index is -0.358. The molecule has 4 heteroatoms. The number of ether oxygens (including phenoxy) is 1. The Bertz CT molecular complexity index is 485. The summed E-state index contributed by atoms with van der Waals surface area (Å²) in [5.74, 6) is 0.0953. The molecule has 1 aromatic carbocycles. The fraction of sp³-hybridized carbons (Fsp3) is 0.611. The summed E-state index contributed by atoms with van der Waals surface area (Å²) in [5.41, 5.74) is 2.15. The number of hydrogen-bond donors (Lipinski definition) is 1. The molecule has 1 aliphatic rings. The Labute approximate surface area is 133 Å². The van der Waals surface area contributed by atoms with Crippen molar-refractivity contribution in [3.05, 3.63) is 35.4 Å². The number of nitrogens with zero attached hydrogens (tertiary/aromatic N) is 1. The van der Waals surface area contributed by atoms with E-state index < -0.39 is 0 Å². The zero-order chi connectivity index (χ0) is 16.2. The monoisotopic (exact) mass is 304 g/mol. The molecule has 122 valence electrons. The van der Waals surface area contributed by atoms with Crippen LogP contribution in [0.1, 0.15) is 37.9 Å². The lowest BCUT2D eigenvalue weighted by molar-refractivity contribution is -0.128. The number of rotatable bonds is 4. The fourth-order valence-corrected chi connectivity index (χ4v) is 2.59. The third kappa shape index (κ3) is 4.55. The number of carbonyl (C=O) groups is 1. The second-order valence-electron chi connectivity index (χ2n) is 7.03. The molecule has 1 aromatic rings. The maximum atomic E-state index is 12.2. The molecule has 1 atom stereocenters. The van der Waals surface area contributed by atoms with Crippen LogP contribution < -0.4 is 5.32 Å². The summed E-state index contributed by atoms with van der Waals surface area (Å²) < 4.78 is 5.46. The molecule has 1 aliphatic heterocycles. The van der Waals surface area contributed by atoms with E-state index in [9.17, 15) is 4.79 Å². The number of carbonyl (C=O) groups excluding carboxylic acids is 1. The zero-order valence-electron chi connectivity index (χ0n) is 14.2. The van der Waals surface area contributed by atoms with Crippen molar-refractivity contribution in [2.75, 3.05) is 32.8 Å². The van der Waals surface area contributed by atoms with Crippen molar-refractivity contribution < 1.29 is 9.53 Å². The van der Waals surface area contributed by atoms with E-state index in [-0.39, 0.29) is 17.4 Å². The molecule has 1 amide bonds. The number of morpholine rings is 1. The Morgan fingerprint density at radius 2 is 1.82 bits per heavy atom. The first-order valence-corrected chi connectivity index (χ1v) is 8.04. The predicted molar refractivity (Wildman–Crippen MR) is 88.8 cm³/mol. The van der Waals surface area contributed by atoms with Crippen LogP contribution in [0.25, 0.3) is 0 Å². The Morgan fingerprint density at radius 1 is 1.23 bits per heavy atom. The topological polar surface area (TPSA) is 41.6 Å². The maximum Gasteiger partial charge on any atom is 0.225 e. The van der Waals surface area contributed by atoms with Gasteiger partial charge in [0.25, 0.3) is 0 Å². The molecule has 4 nitrogen and oxygen atoms in total. The number of benzene rings is 1. The van der Waals surface area contributed by atoms with Crippen LogP contribution in [0.15, 0.2) is 24.3 Å². The molecule has 1 N–H and O–H groups in total. The third-order valence-corrected chi connectivity index (χ3v) is 4.09. The average molecular weight is 304 g/mol. The van der Waals surface area contributed by atoms with Crippen molar-refractivity contribution in [3.63, 3.8) is 0 Å². The summed E-state index contributed by atoms with van der Waals surface area (Å²) in [5, 5.41) is 3.11. The van der Waals surface area contributed by atoms with Crippen LogP contribution in [0.5, 0.6) is 0 Å². The van der Waals surface area contributed by atoms with Gasteiger partial charge in [-0.3, -0.25) is 9.69 Å². The quantitative estimate of drug-likeness (QED) is 0.929. The van der Waals surface area contributed by atoms with E-state index >= 15 is 0 Å². The maximum absolute atomic E-state index is 12.2. The van der Waals surface area contributed by atoms with E-state index in [2.05, 4.69) is 41.4 Å². The van der Waals surface area contributed by atoms with Crippen LogP contribution in [0.2, 0.25) is 0 Å². The standard InChI is InChI=1S/C18H28N2O2/c1-14-5-7-15(8-6-14)16(20-9-11-22-12-10-20)13-19-17(21)18(2,3)4/h5-8,16H,9-13H2,1-4H3,(H,19,21). The van der Waals surface area contributed by atoms with Crippen molar-refractivity contribution in [2.45, 2.75) is 33.7 Å². The Kier molecular flexibility index (Phi) is 5.59. The number of aryl methyl sites for hydroxylation is 1. The molecule has 0 aliphatic carbocycles. The third-order valence-electron chi connectivity index (χ3n) is 4.09. The van der Waals surface area contributed by atoms with Gasteiger partial charge in [-0.05, 0) is 12.5 Å². The molecule has 0 radical (unpaired) electrons. The van der Waals surface area contributed by atoms with Gasteiger partial charge >= 0.3 is 0 Å². The Hall–Kier alpha value is -1.39. The smallest absolute Gasteiger partial charge is 0.225 e. The zero-order valence-corrected chi connectivity index (χ0v) is 14.2. The van der Waals surface area contributed by atoms with E-state index in [1.165, 1.54) is 11.1 Å². The van der Waals surface area contributed by atoms with Crippen molar-refractivity contribution in [3.8, 4) is 0 Å². The van der Waals surface area contributed by atoms with E-state index in [0.29, 0.717) is 6.54 Å². The molecule has 1 saturated heterocycles. The summed E-state index contributed by atoms with van der Waals surface area (Å²) in [7, 11) is 0. The van der Waals surface area contributed by atoms with Gasteiger partial charge in [0.05, 0.1) is 19.3 Å². The van der Waals surface area contributed by atoms with Crippen LogP contribution in [0.4, 0.5) is 0 Å². The normalized spacial score (nSPS) is 18.0. The second-order valence-corrected chi connectivity index (χ2v) is 7.03. The highest BCUT2D eigenvalue weighted by molar-refractivity contribution is 5.81. The Morgan fingerprint density at radius 3 is 2.36 bits per heavy atom. The molecule has 1 unspecified atom stereocenters. The summed E-state index contributed by atoms with van der Waals surface area (Å²) in [6.45, 7) is 11.9. The number of amides is 1. The van der Waals surface area contributed by atoms with Crippen LogP contribution in [-0.2, 0) is 9.53 Å². The lowest BCUT2D eigenvalue weighted by Gasteiger charge is -2.35. The van der Waals surface area contributed by atoms with Gasteiger partial charge in [-0.25, -0.2) is 0 Å². The van der Waals surface area contributed by atoms with Crippen LogP contribution >= 0.6 is 0 Å². The van der Waals surface area contributed by atoms with Crippen molar-refractivity contribution in [1.29, 1.82) is 0 Å². The summed E-state index contributed by atoms with van der Waals surface area (Å²) in [6, 6.07) is 8.80. The van der Waals surface area contributed by atoms with E-state index in [1.807, 2.05) is 20.8 Å². The van der Waals surface area contributed by atoms with Gasteiger partial charge < -0.3 is 10.1 Å². The lowest BCUT2D eigenvalue weighted by atomic mass is 9.95. The highest BCUT2D eigenvalue weighted by Crippen LogP contribution is 2.22. The van der Waals surface area contributed by atoms with E-state index in [1.54, 1.807) is 0 Å². The minimum absolute atomic E-state index is 0.0953. The summed E-state index contributed by atoms with van der Waals surface area (Å²) in [4.78, 5) is 14.6. The van der Waals surface area contributed by atoms with Gasteiger partial charge in [0.15, 0.2) is 0 Å². The molecule has 0 spiro atoms. The Balaban J connectivity index is 2.11. The van der Waals surface area contributed by atoms with Gasteiger partial charge in [0.2, 0.25) is 5.91 Å². The van der Waals surface area contributed by atoms with Gasteiger partial charge in [-0.1, -0.05) is 50.6 Å². The molecule has 0 aromatic heterocycles. The second kappa shape index (κ2) is 7.25. The van der Waals surface area contributed by atoms with Gasteiger partial charge in [-0.15, -0.1) is 0 Å². The molecule has 2 rings (SSSR count). The van der Waals surface area contributed by atoms with Crippen molar-refractivity contribution in [1.82, 2.24) is 10.2 Å². The molecule has 1 fully saturated rings. The van der Waals surface area contributed by atoms with Crippen molar-refractivity contribution >= 4 is 5.91 Å². The van der Waals surface area contributed by atoms with Gasteiger partial charge in [0.1, 0.15) is 0 Å². The molecule has 0 bridgehead atoms. The highest BCUT2D eigenvalue weighted by atomic mass is 16.5. The molecule has 0 saturated carbocycles. The van der Waals surface area contributed by atoms with E-state index in [0.717, 1.165) is 26.3 Å². The number of hydrogen-bond acceptors (Lipinski definition) is 3. The first-order valence-electron chi connectivity index (χ1n) is 8.04. The SMILES string of the molecule is Cc1ccc(C(CNC(=O)C(C)(C)C)N2CCOCC2)cc1. The largest absolute Gasteiger partial charge is 0.379 e. The van der Waals surface area contributed by atoms with Gasteiger partial charge in [-0.2, -0.15) is 0 Å². The predicted octanol–water partition coefficient (Wildman–Crippen LogP) is 2.53. The summed E-state index contributed by atoms with van der Waals surface area (Å²) >= 11 is 0. The first-order chi connectivity index (χ1) is 10.4. The molecule has 22 heavy (non-hydrogen) atoms. The minimum Gasteiger partial charge on any atom is -0.379 e. The molecular formula is C18H28N2O2. The molecular weight excluding hydrogens is 276 g/mol. The highest BCUT2D eigenvalue weighted by Gasteiger charge is 2.26. The van der Waals surface area contributed by atoms with Gasteiger partial charge in [0, 0.05) is 25.0 Å². The number of nitrogens with one attached hydrogen (secondary N) is 1. The van der Waals surface area contributed by atoms with Crippen LogP contribution in [0, 0.1) is 12.3 Å². The first kappa shape index (κ1) is 17.0. The average Bonchev–Trinajstić information content (AvgIpc) is 2.49. The van der Waals surface area contributed by atoms with Crippen LogP contribution in [-0.4, -0.2) is 43.7 Å². The fourth-order valence-electron chi connectivity index (χ4n) is 2.59. The molecule has 1 heterocycles. The summed E-state index contributed by atoms with van der Waals surface area (Å²) in [6.07, 6.45) is 0. The lowest BCUT2D eigenvalue weighted by Crippen LogP contribution is -2.45. The van der Waals surface area contributed by atoms with Crippen LogP contribution in [0.3, 0.4) is 0 Å². The van der Waals surface area contributed by atoms with E-state index in [4.69, 9.17) is 4.74 Å².